The van der Waals surface area contributed by atoms with Gasteiger partial charge < -0.3 is 120 Å². The van der Waals surface area contributed by atoms with Crippen LogP contribution in [0.3, 0.4) is 0 Å². The van der Waals surface area contributed by atoms with Gasteiger partial charge in [-0.25, -0.2) is 34.7 Å². The number of aliphatic hydroxyl groups excluding tert-OH is 7. The monoisotopic (exact) mass is 1370 g/mol. The van der Waals surface area contributed by atoms with E-state index in [4.69, 9.17) is 52.4 Å². The van der Waals surface area contributed by atoms with Crippen LogP contribution in [0.4, 0.5) is 10.6 Å². The van der Waals surface area contributed by atoms with Gasteiger partial charge in [0.25, 0.3) is 23.6 Å². The number of imidazole rings is 1. The van der Waals surface area contributed by atoms with E-state index in [1.165, 1.54) is 43.4 Å². The van der Waals surface area contributed by atoms with Crippen LogP contribution in [0.25, 0.3) is 10.7 Å². The molecule has 8 amide bonds. The van der Waals surface area contributed by atoms with Crippen molar-refractivity contribution in [2.45, 2.75) is 138 Å². The number of aliphatic imine (C=N–C) groups is 1. The zero-order valence-electron chi connectivity index (χ0n) is 50.8. The number of amides is 8. The number of nitrogen functional groups attached to an aromatic ring is 1. The van der Waals surface area contributed by atoms with E-state index in [9.17, 15) is 69.3 Å². The van der Waals surface area contributed by atoms with Crippen LogP contribution in [0.5, 0.6) is 0 Å². The molecule has 0 unspecified atom stereocenters. The summed E-state index contributed by atoms with van der Waals surface area (Å²) < 4.78 is 28.7. The topological polar surface area (TPSA) is 607 Å². The number of carbonyl (C=O) groups excluding carboxylic acids is 8. The number of nitrogens with zero attached hydrogens (tertiary/aromatic N) is 6. The molecule has 2 fully saturated rings. The lowest BCUT2D eigenvalue weighted by atomic mass is 9.96. The molecular weight excluding hydrogens is 1290 g/mol. The second-order valence-corrected chi connectivity index (χ2v) is 25.9. The van der Waals surface area contributed by atoms with Gasteiger partial charge in [-0.3, -0.25) is 33.6 Å². The van der Waals surface area contributed by atoms with Gasteiger partial charge in [0.15, 0.2) is 18.7 Å². The Morgan fingerprint density at radius 1 is 0.860 bits per heavy atom. The number of rotatable bonds is 33. The third-order valence-electron chi connectivity index (χ3n) is 14.5. The molecule has 0 aromatic carbocycles. The van der Waals surface area contributed by atoms with Gasteiger partial charge in [0.2, 0.25) is 17.7 Å². The van der Waals surface area contributed by atoms with Crippen LogP contribution in [-0.2, 0) is 65.0 Å². The van der Waals surface area contributed by atoms with Gasteiger partial charge in [-0.15, -0.1) is 22.7 Å². The van der Waals surface area contributed by atoms with E-state index in [1.807, 2.05) is 0 Å². The minimum atomic E-state index is -2.18. The van der Waals surface area contributed by atoms with Crippen molar-refractivity contribution in [3.05, 3.63) is 56.8 Å². The van der Waals surface area contributed by atoms with Crippen molar-refractivity contribution in [3.63, 3.8) is 0 Å². The molecule has 4 aromatic rings. The molecule has 6 heterocycles. The summed E-state index contributed by atoms with van der Waals surface area (Å²) in [7, 11) is 0.266. The fraction of sp³-hybridized carbons (Fsp3) is 0.585. The lowest BCUT2D eigenvalue weighted by molar-refractivity contribution is -0.372. The highest BCUT2D eigenvalue weighted by Gasteiger charge is 2.53. The van der Waals surface area contributed by atoms with Crippen molar-refractivity contribution in [3.8, 4) is 10.7 Å². The largest absolute Gasteiger partial charge is 0.441 e. The molecule has 40 heteroatoms. The molecule has 512 valence electrons. The SMILES string of the molecule is Cc1c(N)nc([C@H](CC(N)=O)NC[C@H](N)C(N)=O)nc1C(=O)N[C@H](C(=O)N[C@H](C)[C@@H](O)[C@H](C)C(=O)N=CC(=O)NCCc1nc(-c2nc(C(=O)NCCC[S+](C)C)cs2)cs1)[C@@H](O[C@@H]1O[C@@H](CO)[C@@H](O)[C@H](O)[C@@H]1O[C@H]1O[C@H](CO)[C@@H](O)[C@H](OC(N)=O)[C@@H]1O)c1cnc[nH]1. The number of carbonyl (C=O) groups is 8. The summed E-state index contributed by atoms with van der Waals surface area (Å²) in [5, 5.41) is 94.6. The smallest absolute Gasteiger partial charge is 0.404 e. The number of nitrogens with one attached hydrogen (secondary N) is 6. The highest BCUT2D eigenvalue weighted by Crippen LogP contribution is 2.35. The van der Waals surface area contributed by atoms with Crippen molar-refractivity contribution in [1.29, 1.82) is 0 Å². The number of nitrogens with two attached hydrogens (primary N) is 5. The number of aliphatic hydroxyl groups is 7. The summed E-state index contributed by atoms with van der Waals surface area (Å²) in [5.41, 5.74) is 28.1. The third-order valence-corrected chi connectivity index (χ3v) is 17.4. The van der Waals surface area contributed by atoms with Gasteiger partial charge in [-0.1, -0.05) is 6.92 Å². The van der Waals surface area contributed by atoms with Crippen LogP contribution in [0.1, 0.15) is 81.9 Å². The summed E-state index contributed by atoms with van der Waals surface area (Å²) in [6.07, 6.45) is -17.5. The van der Waals surface area contributed by atoms with Gasteiger partial charge in [0.1, 0.15) is 94.4 Å². The number of aromatic nitrogens is 6. The average Bonchev–Trinajstić information content (AvgIpc) is 1.83. The molecule has 2 aliphatic heterocycles. The Morgan fingerprint density at radius 2 is 1.56 bits per heavy atom. The van der Waals surface area contributed by atoms with E-state index in [2.05, 4.69) is 74.0 Å². The summed E-state index contributed by atoms with van der Waals surface area (Å²) in [5.74, 6) is -7.54. The normalized spacial score (nSPS) is 23.8. The van der Waals surface area contributed by atoms with Crippen LogP contribution in [0, 0.1) is 12.8 Å². The first-order valence-electron chi connectivity index (χ1n) is 28.6. The Labute approximate surface area is 541 Å². The van der Waals surface area contributed by atoms with E-state index in [-0.39, 0.29) is 64.9 Å². The lowest BCUT2D eigenvalue weighted by Crippen LogP contribution is -2.65. The number of H-pyrrole nitrogens is 1. The maximum Gasteiger partial charge on any atom is 0.404 e. The molecule has 0 saturated carbocycles. The molecule has 17 atom stereocenters. The number of primary amides is 3. The summed E-state index contributed by atoms with van der Waals surface area (Å²) in [4.78, 5) is 133. The molecule has 23 N–H and O–H groups in total. The highest BCUT2D eigenvalue weighted by molar-refractivity contribution is 7.95. The Morgan fingerprint density at radius 3 is 2.20 bits per heavy atom. The van der Waals surface area contributed by atoms with E-state index >= 15 is 4.79 Å². The molecule has 2 saturated heterocycles. The number of aromatic amines is 1. The highest BCUT2D eigenvalue weighted by atomic mass is 32.2. The van der Waals surface area contributed by atoms with Gasteiger partial charge in [0.05, 0.1) is 85.3 Å². The molecule has 37 nitrogen and oxygen atoms in total. The number of anilines is 1. The van der Waals surface area contributed by atoms with Crippen LogP contribution in [-0.4, -0.2) is 256 Å². The average molecular weight is 1370 g/mol. The van der Waals surface area contributed by atoms with Crippen molar-refractivity contribution >= 4 is 93.0 Å². The predicted molar refractivity (Wildman–Crippen MR) is 329 cm³/mol. The predicted octanol–water partition coefficient (Wildman–Crippen LogP) is -6.97. The van der Waals surface area contributed by atoms with Gasteiger partial charge in [-0.05, 0) is 24.7 Å². The zero-order valence-corrected chi connectivity index (χ0v) is 53.2. The molecule has 0 radical (unpaired) electrons. The maximum absolute atomic E-state index is 15.1. The fourth-order valence-corrected chi connectivity index (χ4v) is 11.6. The first-order chi connectivity index (χ1) is 44.0. The van der Waals surface area contributed by atoms with E-state index in [0.717, 1.165) is 24.7 Å². The molecular formula is C53H78N17O20S3+. The molecule has 0 bridgehead atoms. The number of hydrogen-bond donors (Lipinski definition) is 18. The first kappa shape index (κ1) is 74.6. The third kappa shape index (κ3) is 20.3. The Hall–Kier alpha value is -7.39. The Balaban J connectivity index is 1.24. The van der Waals surface area contributed by atoms with Crippen molar-refractivity contribution in [1.82, 2.24) is 56.5 Å². The van der Waals surface area contributed by atoms with Crippen molar-refractivity contribution in [2.24, 2.45) is 33.8 Å². The Bertz CT molecular complexity index is 3240. The van der Waals surface area contributed by atoms with Crippen LogP contribution in [0.15, 0.2) is 28.3 Å². The number of hydrogen-bond acceptors (Lipinski definition) is 30. The van der Waals surface area contributed by atoms with Crippen molar-refractivity contribution < 1.29 is 97.8 Å². The number of thiazole rings is 2. The standard InChI is InChI=1S/C53H77N17O20S3/c1-20-33(68-45(70-43(20)56)24(11-30(55)73)62-12-23(54)44(57)80)48(83)69-34(40(25-13-59-19-64-25)88-52-42(38(78)36(76)28(15-71)87-52)89-51-39(79)41(90-53(58)85)37(77)29(16-72)86-51)49(84)65-22(3)35(75)21(2)46(81)63-14-31(74)60-9-7-32-66-27(18-91-32)50-67-26(17-92-50)47(82)61-8-6-10-93(4)5/h13-14,17-19,21-24,28-29,34-42,51-52,62,71-72,75-79H,6-12,15-16,54H2,1-5H3,(H12-,55,56,57,58,59,60,61,64,65,68,69,70,73,74,80,82,83,84,85)/p+1/t21-,22+,23-,24-,28-,29+,34-,35-,36+,37+,38-,39-,40-,41-,42-,51+,52-/m0/s1. The second kappa shape index (κ2) is 34.7. The van der Waals surface area contributed by atoms with E-state index in [0.29, 0.717) is 28.5 Å². The van der Waals surface area contributed by atoms with E-state index in [1.54, 1.807) is 10.8 Å². The van der Waals surface area contributed by atoms with E-state index < -0.39 is 171 Å². The lowest BCUT2D eigenvalue weighted by Gasteiger charge is -2.47. The molecule has 2 aliphatic rings. The molecule has 0 spiro atoms. The fourth-order valence-electron chi connectivity index (χ4n) is 9.28. The molecule has 4 aromatic heterocycles. The first-order valence-corrected chi connectivity index (χ1v) is 32.6. The van der Waals surface area contributed by atoms with Crippen LogP contribution >= 0.6 is 22.7 Å². The molecule has 93 heavy (non-hydrogen) atoms. The second-order valence-electron chi connectivity index (χ2n) is 21.7. The maximum atomic E-state index is 15.1. The zero-order chi connectivity index (χ0) is 68.5. The Kier molecular flexibility index (Phi) is 27.8. The molecule has 6 rings (SSSR count). The number of ether oxygens (including phenoxy) is 5. The minimum Gasteiger partial charge on any atom is -0.441 e. The van der Waals surface area contributed by atoms with Gasteiger partial charge >= 0.3 is 6.09 Å². The molecule has 0 aliphatic carbocycles. The van der Waals surface area contributed by atoms with Gasteiger partial charge in [0, 0.05) is 55.2 Å². The van der Waals surface area contributed by atoms with Crippen molar-refractivity contribution in [2.75, 3.05) is 56.8 Å². The summed E-state index contributed by atoms with van der Waals surface area (Å²) in [6.45, 7) is 2.07. The summed E-state index contributed by atoms with van der Waals surface area (Å²) >= 11 is 2.56. The quantitative estimate of drug-likeness (QED) is 0.0120. The van der Waals surface area contributed by atoms with Crippen LogP contribution < -0.4 is 55.3 Å². The van der Waals surface area contributed by atoms with Gasteiger partial charge in [-0.2, -0.15) is 0 Å². The minimum absolute atomic E-state index is 0.0656. The van der Waals surface area contributed by atoms with Crippen LogP contribution in [0.2, 0.25) is 0 Å². The summed E-state index contributed by atoms with van der Waals surface area (Å²) in [6, 6.07) is -6.16.